The molecule has 336 valence electrons. The Hall–Kier alpha value is -5.96. The molecule has 8 rings (SSSR count). The van der Waals surface area contributed by atoms with Crippen molar-refractivity contribution < 1.29 is 33.9 Å². The molecule has 0 saturated heterocycles. The SMILES string of the molecule is CCCCCCN1C(=CC2=C(O)C(=CC3=[N+](CCCCCC)c4ccc(-c5cc6c(OC)c7sc(/C=C(\C#N)C(=O)O)cc7c(OC)c6s5)cc4C3(C)C)C2=O)C(C)(C)c2ccccc21. The van der Waals surface area contributed by atoms with Crippen molar-refractivity contribution in [2.75, 3.05) is 32.2 Å². The molecule has 65 heavy (non-hydrogen) atoms. The van der Waals surface area contributed by atoms with Crippen LogP contribution in [-0.4, -0.2) is 59.6 Å². The summed E-state index contributed by atoms with van der Waals surface area (Å²) in [6, 6.07) is 20.8. The lowest BCUT2D eigenvalue weighted by atomic mass is 9.77. The van der Waals surface area contributed by atoms with Gasteiger partial charge in [0.2, 0.25) is 11.5 Å². The fourth-order valence-electron chi connectivity index (χ4n) is 9.87. The number of Topliss-reactive ketones (excluding diaryl/α,β-unsaturated/α-hetero) is 1. The first kappa shape index (κ1) is 45.6. The highest BCUT2D eigenvalue weighted by Crippen LogP contribution is 2.53. The fourth-order valence-corrected chi connectivity index (χ4v) is 12.2. The lowest BCUT2D eigenvalue weighted by Gasteiger charge is -2.29. The second-order valence-corrected chi connectivity index (χ2v) is 20.4. The van der Waals surface area contributed by atoms with E-state index in [4.69, 9.17) is 9.47 Å². The number of ether oxygens (including phenoxy) is 2. The number of aliphatic hydroxyl groups is 1. The summed E-state index contributed by atoms with van der Waals surface area (Å²) >= 11 is 2.95. The van der Waals surface area contributed by atoms with E-state index in [-0.39, 0.29) is 22.5 Å². The summed E-state index contributed by atoms with van der Waals surface area (Å²) in [5, 5.41) is 32.4. The van der Waals surface area contributed by atoms with Crippen LogP contribution in [0.2, 0.25) is 0 Å². The van der Waals surface area contributed by atoms with Gasteiger partial charge in [0.05, 0.1) is 40.2 Å². The first-order valence-corrected chi connectivity index (χ1v) is 24.4. The predicted octanol–water partition coefficient (Wildman–Crippen LogP) is 13.3. The number of nitriles is 1. The maximum Gasteiger partial charge on any atom is 0.346 e. The number of carbonyl (C=O) groups excluding carboxylic acids is 1. The summed E-state index contributed by atoms with van der Waals surface area (Å²) in [6.07, 6.45) is 14.2. The number of benzene rings is 3. The van der Waals surface area contributed by atoms with Crippen LogP contribution in [0.25, 0.3) is 36.7 Å². The Balaban J connectivity index is 1.17. The summed E-state index contributed by atoms with van der Waals surface area (Å²) in [6.45, 7) is 14.9. The topological polar surface area (TPSA) is 123 Å². The second kappa shape index (κ2) is 18.1. The van der Waals surface area contributed by atoms with Crippen molar-refractivity contribution in [3.8, 4) is 28.0 Å². The third kappa shape index (κ3) is 7.89. The zero-order valence-corrected chi connectivity index (χ0v) is 40.3. The third-order valence-electron chi connectivity index (χ3n) is 13.4. The summed E-state index contributed by atoms with van der Waals surface area (Å²) in [5.74, 6) is -0.0473. The zero-order chi connectivity index (χ0) is 46.4. The van der Waals surface area contributed by atoms with E-state index in [1.54, 1.807) is 31.6 Å². The van der Waals surface area contributed by atoms with Crippen molar-refractivity contribution in [1.29, 1.82) is 5.26 Å². The van der Waals surface area contributed by atoms with Gasteiger partial charge >= 0.3 is 5.97 Å². The standard InChI is InChI=1S/C54H57N3O6S2/c1-9-11-13-17-23-56-41-20-16-15-19-39(41)53(3,4)44(56)29-35-46(58)36(47(35)59)30-45-54(5,6)40-26-32(21-22-42(40)57(45)24-18-14-12-10-2)43-28-38-49(63-8)50-37(48(62-7)51(38)65-43)27-34(64-50)25-33(31-55)52(60)61/h15-16,19-22,25-30H,9-14,17-18,23-24H2,1-8H3,(H-,58,59,60,61)/p+1/b33-25+. The molecular formula is C54H58N3O6S2+. The molecule has 4 heterocycles. The van der Waals surface area contributed by atoms with Gasteiger partial charge in [-0.05, 0) is 80.3 Å². The number of rotatable bonds is 17. The number of para-hydroxylation sites is 1. The average molecular weight is 909 g/mol. The number of anilines is 1. The normalized spacial score (nSPS) is 17.7. The molecule has 5 aromatic rings. The number of unbranched alkanes of at least 4 members (excludes halogenated alkanes) is 6. The van der Waals surface area contributed by atoms with E-state index in [9.17, 15) is 25.1 Å². The van der Waals surface area contributed by atoms with Crippen molar-refractivity contribution in [2.45, 2.75) is 104 Å². The average Bonchev–Trinajstić information content (AvgIpc) is 4.02. The number of ketones is 1. The number of fused-ring (bicyclic) bond motifs is 4. The minimum Gasteiger partial charge on any atom is -0.506 e. The molecule has 3 aromatic carbocycles. The minimum absolute atomic E-state index is 0.0506. The molecule has 0 saturated carbocycles. The van der Waals surface area contributed by atoms with E-state index in [1.165, 1.54) is 35.1 Å². The fraction of sp³-hybridized carbons (Fsp3) is 0.370. The Labute approximate surface area is 389 Å². The summed E-state index contributed by atoms with van der Waals surface area (Å²) in [7, 11) is 3.26. The van der Waals surface area contributed by atoms with Crippen LogP contribution >= 0.6 is 22.7 Å². The Kier molecular flexibility index (Phi) is 12.7. The van der Waals surface area contributed by atoms with Crippen molar-refractivity contribution >= 4 is 77.8 Å². The van der Waals surface area contributed by atoms with Gasteiger partial charge in [-0.1, -0.05) is 78.0 Å². The predicted molar refractivity (Wildman–Crippen MR) is 266 cm³/mol. The molecule has 11 heteroatoms. The lowest BCUT2D eigenvalue weighted by molar-refractivity contribution is -0.438. The van der Waals surface area contributed by atoms with Gasteiger partial charge in [0.25, 0.3) is 0 Å². The number of nitrogens with zero attached hydrogens (tertiary/aromatic N) is 3. The van der Waals surface area contributed by atoms with E-state index in [0.29, 0.717) is 27.5 Å². The molecular weight excluding hydrogens is 851 g/mol. The smallest absolute Gasteiger partial charge is 0.346 e. The molecule has 0 unspecified atom stereocenters. The van der Waals surface area contributed by atoms with Gasteiger partial charge in [-0.3, -0.25) is 4.79 Å². The molecule has 0 bridgehead atoms. The minimum atomic E-state index is -1.28. The van der Waals surface area contributed by atoms with Crippen LogP contribution in [0.5, 0.6) is 11.5 Å². The highest BCUT2D eigenvalue weighted by Gasteiger charge is 2.47. The van der Waals surface area contributed by atoms with Crippen LogP contribution < -0.4 is 14.4 Å². The highest BCUT2D eigenvalue weighted by atomic mass is 32.1. The van der Waals surface area contributed by atoms with Crippen LogP contribution in [-0.2, 0) is 20.4 Å². The van der Waals surface area contributed by atoms with Crippen molar-refractivity contribution in [1.82, 2.24) is 0 Å². The monoisotopic (exact) mass is 908 g/mol. The van der Waals surface area contributed by atoms with Crippen LogP contribution in [0.1, 0.15) is 109 Å². The van der Waals surface area contributed by atoms with Gasteiger partial charge in [-0.25, -0.2) is 4.79 Å². The molecule has 0 fully saturated rings. The Morgan fingerprint density at radius 1 is 0.846 bits per heavy atom. The molecule has 0 amide bonds. The van der Waals surface area contributed by atoms with Crippen molar-refractivity contribution in [2.24, 2.45) is 0 Å². The number of aliphatic carboxylic acids is 1. The van der Waals surface area contributed by atoms with E-state index in [2.05, 4.69) is 99.5 Å². The largest absolute Gasteiger partial charge is 0.506 e. The van der Waals surface area contributed by atoms with Crippen LogP contribution in [0, 0.1) is 11.3 Å². The van der Waals surface area contributed by atoms with Gasteiger partial charge in [-0.15, -0.1) is 22.7 Å². The quantitative estimate of drug-likeness (QED) is 0.0409. The van der Waals surface area contributed by atoms with E-state index in [0.717, 1.165) is 111 Å². The molecule has 0 radical (unpaired) electrons. The maximum atomic E-state index is 14.3. The maximum absolute atomic E-state index is 14.3. The summed E-state index contributed by atoms with van der Waals surface area (Å²) in [4.78, 5) is 29.9. The first-order chi connectivity index (χ1) is 31.2. The van der Waals surface area contributed by atoms with Gasteiger partial charge < -0.3 is 24.6 Å². The van der Waals surface area contributed by atoms with E-state index in [1.807, 2.05) is 18.2 Å². The zero-order valence-electron chi connectivity index (χ0n) is 38.7. The van der Waals surface area contributed by atoms with Crippen LogP contribution in [0.3, 0.4) is 0 Å². The molecule has 2 N–H and O–H groups in total. The number of methoxy groups -OCH3 is 2. The molecule has 0 spiro atoms. The van der Waals surface area contributed by atoms with Crippen molar-refractivity contribution in [3.05, 3.63) is 111 Å². The number of carboxylic acid groups (broad SMARTS) is 1. The van der Waals surface area contributed by atoms with Gasteiger partial charge in [0.15, 0.2) is 5.71 Å². The van der Waals surface area contributed by atoms with Gasteiger partial charge in [0, 0.05) is 68.0 Å². The number of carbonyl (C=O) groups is 2. The number of hydrogen-bond donors (Lipinski definition) is 2. The second-order valence-electron chi connectivity index (χ2n) is 18.3. The number of allylic oxidation sites excluding steroid dienone is 5. The molecule has 1 aliphatic carbocycles. The van der Waals surface area contributed by atoms with Crippen LogP contribution in [0.4, 0.5) is 11.4 Å². The van der Waals surface area contributed by atoms with Gasteiger partial charge in [0.1, 0.15) is 35.4 Å². The number of aliphatic hydroxyl groups excluding tert-OH is 1. The summed E-state index contributed by atoms with van der Waals surface area (Å²) in [5.41, 5.74) is 7.23. The number of thiophene rings is 2. The number of carboxylic acids is 1. The molecule has 2 aromatic heterocycles. The third-order valence-corrected chi connectivity index (χ3v) is 15.7. The van der Waals surface area contributed by atoms with Crippen LogP contribution in [0.15, 0.2) is 94.9 Å². The molecule has 9 nitrogen and oxygen atoms in total. The summed E-state index contributed by atoms with van der Waals surface area (Å²) < 4.78 is 16.1. The molecule has 3 aliphatic rings. The Morgan fingerprint density at radius 3 is 2.18 bits per heavy atom. The Bertz CT molecular complexity index is 2910. The van der Waals surface area contributed by atoms with Crippen molar-refractivity contribution in [3.63, 3.8) is 0 Å². The first-order valence-electron chi connectivity index (χ1n) is 22.8. The highest BCUT2D eigenvalue weighted by molar-refractivity contribution is 7.23. The van der Waals surface area contributed by atoms with E-state index < -0.39 is 11.4 Å². The van der Waals surface area contributed by atoms with Gasteiger partial charge in [-0.2, -0.15) is 9.84 Å². The van der Waals surface area contributed by atoms with E-state index >= 15 is 0 Å². The molecule has 0 atom stereocenters. The molecule has 2 aliphatic heterocycles. The lowest BCUT2D eigenvalue weighted by Crippen LogP contribution is -2.32. The Morgan fingerprint density at radius 2 is 1.52 bits per heavy atom. The number of hydrogen-bond acceptors (Lipinski definition) is 9.